The molecule has 2 aliphatic rings. The summed E-state index contributed by atoms with van der Waals surface area (Å²) in [7, 11) is 0. The Morgan fingerprint density at radius 1 is 0.926 bits per heavy atom. The lowest BCUT2D eigenvalue weighted by atomic mass is 9.94. The van der Waals surface area contributed by atoms with Gasteiger partial charge in [0.25, 0.3) is 0 Å². The Bertz CT molecular complexity index is 747. The lowest BCUT2D eigenvalue weighted by Gasteiger charge is -2.36. The van der Waals surface area contributed by atoms with Gasteiger partial charge in [0, 0.05) is 61.8 Å². The lowest BCUT2D eigenvalue weighted by molar-refractivity contribution is 0.112. The van der Waals surface area contributed by atoms with Crippen molar-refractivity contribution in [3.63, 3.8) is 0 Å². The first-order chi connectivity index (χ1) is 13.2. The molecule has 2 aromatic carbocycles. The van der Waals surface area contributed by atoms with Crippen LogP contribution in [0.15, 0.2) is 48.5 Å². The van der Waals surface area contributed by atoms with E-state index in [4.69, 9.17) is 23.2 Å². The molecule has 0 radical (unpaired) electrons. The molecule has 2 aliphatic heterocycles. The molecule has 0 spiro atoms. The van der Waals surface area contributed by atoms with Gasteiger partial charge < -0.3 is 4.90 Å². The average Bonchev–Trinajstić information content (AvgIpc) is 3.12. The van der Waals surface area contributed by atoms with E-state index in [2.05, 4.69) is 51.0 Å². The van der Waals surface area contributed by atoms with Crippen molar-refractivity contribution in [1.29, 1.82) is 0 Å². The average molecular weight is 405 g/mol. The van der Waals surface area contributed by atoms with Gasteiger partial charge in [0.05, 0.1) is 6.04 Å². The molecule has 2 N–H and O–H groups in total. The Labute approximate surface area is 171 Å². The van der Waals surface area contributed by atoms with Crippen molar-refractivity contribution in [2.45, 2.75) is 12.6 Å². The largest absolute Gasteiger partial charge is 0.300 e. The minimum absolute atomic E-state index is 0.220. The molecular formula is C21H26Cl2N4. The molecule has 144 valence electrons. The Balaban J connectivity index is 1.31. The first-order valence-corrected chi connectivity index (χ1v) is 10.4. The summed E-state index contributed by atoms with van der Waals surface area (Å²) in [6.07, 6.45) is 0. The predicted octanol–water partition coefficient (Wildman–Crippen LogP) is 3.58. The van der Waals surface area contributed by atoms with Crippen LogP contribution in [0, 0.1) is 5.92 Å². The van der Waals surface area contributed by atoms with Gasteiger partial charge in [-0.15, -0.1) is 0 Å². The summed E-state index contributed by atoms with van der Waals surface area (Å²) in [5, 5.41) is 1.42. The predicted molar refractivity (Wildman–Crippen MR) is 112 cm³/mol. The molecule has 0 aliphatic carbocycles. The third-order valence-corrected chi connectivity index (χ3v) is 6.16. The van der Waals surface area contributed by atoms with Crippen molar-refractivity contribution in [2.24, 2.45) is 5.92 Å². The van der Waals surface area contributed by atoms with Crippen LogP contribution in [-0.2, 0) is 6.54 Å². The Morgan fingerprint density at radius 3 is 2.41 bits per heavy atom. The van der Waals surface area contributed by atoms with Gasteiger partial charge in [-0.1, -0.05) is 59.6 Å². The van der Waals surface area contributed by atoms with Gasteiger partial charge in [0.2, 0.25) is 0 Å². The minimum Gasteiger partial charge on any atom is -0.300 e. The number of piperazine rings is 1. The molecule has 2 fully saturated rings. The highest BCUT2D eigenvalue weighted by molar-refractivity contribution is 6.35. The Kier molecular flexibility index (Phi) is 6.33. The molecule has 0 amide bonds. The number of nitrogens with zero attached hydrogens (tertiary/aromatic N) is 2. The second kappa shape index (κ2) is 8.91. The first kappa shape index (κ1) is 19.2. The standard InChI is InChI=1S/C21H26Cl2N4/c22-18-6-7-19(20(23)12-18)21-17(13-24-25-21)15-27-10-8-26(9-11-27)14-16-4-2-1-3-5-16/h1-7,12,17,21,24-25H,8-11,13-15H2. The molecule has 2 saturated heterocycles. The van der Waals surface area contributed by atoms with Crippen LogP contribution in [0.5, 0.6) is 0 Å². The first-order valence-electron chi connectivity index (χ1n) is 9.61. The van der Waals surface area contributed by atoms with Crippen LogP contribution in [0.25, 0.3) is 0 Å². The van der Waals surface area contributed by atoms with Gasteiger partial charge in [-0.05, 0) is 23.3 Å². The number of rotatable bonds is 5. The van der Waals surface area contributed by atoms with E-state index in [0.717, 1.165) is 56.4 Å². The summed E-state index contributed by atoms with van der Waals surface area (Å²) in [5.74, 6) is 0.490. The van der Waals surface area contributed by atoms with Crippen molar-refractivity contribution >= 4 is 23.2 Å². The molecule has 4 rings (SSSR count). The molecule has 0 bridgehead atoms. The molecule has 6 heteroatoms. The van der Waals surface area contributed by atoms with E-state index >= 15 is 0 Å². The van der Waals surface area contributed by atoms with E-state index in [-0.39, 0.29) is 6.04 Å². The fraction of sp³-hybridized carbons (Fsp3) is 0.429. The van der Waals surface area contributed by atoms with Crippen LogP contribution in [-0.4, -0.2) is 49.1 Å². The van der Waals surface area contributed by atoms with Crippen molar-refractivity contribution < 1.29 is 0 Å². The summed E-state index contributed by atoms with van der Waals surface area (Å²) in [5.41, 5.74) is 9.23. The SMILES string of the molecule is Clc1ccc(C2NNCC2CN2CCN(Cc3ccccc3)CC2)c(Cl)c1. The lowest BCUT2D eigenvalue weighted by Crippen LogP contribution is -2.48. The van der Waals surface area contributed by atoms with Crippen LogP contribution in [0.4, 0.5) is 0 Å². The van der Waals surface area contributed by atoms with Gasteiger partial charge in [0.15, 0.2) is 0 Å². The molecule has 0 aromatic heterocycles. The number of halogens is 2. The number of hydrogen-bond acceptors (Lipinski definition) is 4. The van der Waals surface area contributed by atoms with Gasteiger partial charge in [0.1, 0.15) is 0 Å². The number of hydrazine groups is 1. The van der Waals surface area contributed by atoms with E-state index < -0.39 is 0 Å². The maximum absolute atomic E-state index is 6.44. The van der Waals surface area contributed by atoms with Crippen molar-refractivity contribution in [1.82, 2.24) is 20.7 Å². The zero-order valence-electron chi connectivity index (χ0n) is 15.4. The summed E-state index contributed by atoms with van der Waals surface area (Å²) >= 11 is 12.5. The molecule has 2 aromatic rings. The highest BCUT2D eigenvalue weighted by Gasteiger charge is 2.32. The third-order valence-electron chi connectivity index (χ3n) is 5.60. The molecule has 2 atom stereocenters. The molecule has 0 saturated carbocycles. The molecule has 4 nitrogen and oxygen atoms in total. The van der Waals surface area contributed by atoms with E-state index in [1.54, 1.807) is 0 Å². The normalized spacial score (nSPS) is 24.4. The van der Waals surface area contributed by atoms with Crippen molar-refractivity contribution in [3.05, 3.63) is 69.7 Å². The van der Waals surface area contributed by atoms with E-state index in [1.807, 2.05) is 18.2 Å². The summed E-state index contributed by atoms with van der Waals surface area (Å²) < 4.78 is 0. The fourth-order valence-corrected chi connectivity index (χ4v) is 4.62. The Morgan fingerprint density at radius 2 is 1.67 bits per heavy atom. The topological polar surface area (TPSA) is 30.5 Å². The van der Waals surface area contributed by atoms with Gasteiger partial charge in [-0.25, -0.2) is 5.43 Å². The maximum atomic E-state index is 6.44. The second-order valence-electron chi connectivity index (χ2n) is 7.49. The van der Waals surface area contributed by atoms with Crippen LogP contribution in [0.2, 0.25) is 10.0 Å². The molecule has 2 heterocycles. The minimum atomic E-state index is 0.220. The summed E-state index contributed by atoms with van der Waals surface area (Å²) in [6, 6.07) is 16.7. The second-order valence-corrected chi connectivity index (χ2v) is 8.33. The zero-order valence-corrected chi connectivity index (χ0v) is 16.9. The highest BCUT2D eigenvalue weighted by Crippen LogP contribution is 2.32. The number of hydrogen-bond donors (Lipinski definition) is 2. The number of nitrogens with one attached hydrogen (secondary N) is 2. The van der Waals surface area contributed by atoms with Crippen molar-refractivity contribution in [2.75, 3.05) is 39.3 Å². The van der Waals surface area contributed by atoms with Crippen molar-refractivity contribution in [3.8, 4) is 0 Å². The zero-order chi connectivity index (χ0) is 18.6. The molecule has 27 heavy (non-hydrogen) atoms. The Hall–Kier alpha value is -1.14. The van der Waals surface area contributed by atoms with Crippen LogP contribution < -0.4 is 10.9 Å². The fourth-order valence-electron chi connectivity index (χ4n) is 4.09. The van der Waals surface area contributed by atoms with Gasteiger partial charge in [-0.2, -0.15) is 0 Å². The van der Waals surface area contributed by atoms with Crippen LogP contribution in [0.3, 0.4) is 0 Å². The quantitative estimate of drug-likeness (QED) is 0.796. The summed E-state index contributed by atoms with van der Waals surface area (Å²) in [6.45, 7) is 7.54. The van der Waals surface area contributed by atoms with Gasteiger partial charge >= 0.3 is 0 Å². The van der Waals surface area contributed by atoms with E-state index in [9.17, 15) is 0 Å². The molecular weight excluding hydrogens is 379 g/mol. The third kappa shape index (κ3) is 4.83. The summed E-state index contributed by atoms with van der Waals surface area (Å²) in [4.78, 5) is 5.13. The van der Waals surface area contributed by atoms with E-state index in [1.165, 1.54) is 5.56 Å². The molecule has 2 unspecified atom stereocenters. The number of benzene rings is 2. The smallest absolute Gasteiger partial charge is 0.0530 e. The highest BCUT2D eigenvalue weighted by atomic mass is 35.5. The maximum Gasteiger partial charge on any atom is 0.0530 e. The monoisotopic (exact) mass is 404 g/mol. The van der Waals surface area contributed by atoms with Gasteiger partial charge in [-0.3, -0.25) is 10.3 Å². The van der Waals surface area contributed by atoms with E-state index in [0.29, 0.717) is 10.9 Å². The van der Waals surface area contributed by atoms with Crippen LogP contribution >= 0.6 is 23.2 Å². The van der Waals surface area contributed by atoms with Crippen LogP contribution in [0.1, 0.15) is 17.2 Å².